The molecule has 0 spiro atoms. The fourth-order valence-electron chi connectivity index (χ4n) is 7.60. The van der Waals surface area contributed by atoms with E-state index in [0.717, 1.165) is 31.7 Å². The summed E-state index contributed by atoms with van der Waals surface area (Å²) in [6, 6.07) is 40.8. The fraction of sp³-hybridized carbons (Fsp3) is 0.0244. The molecule has 0 aliphatic carbocycles. The van der Waals surface area contributed by atoms with Crippen molar-refractivity contribution in [2.75, 3.05) is 0 Å². The molecule has 1 heterocycles. The molecule has 0 amide bonds. The molecule has 0 fully saturated rings. The molecule has 0 bridgehead atoms. The van der Waals surface area contributed by atoms with Gasteiger partial charge in [0.1, 0.15) is 0 Å². The van der Waals surface area contributed by atoms with E-state index in [9.17, 15) is 19.4 Å². The predicted octanol–water partition coefficient (Wildman–Crippen LogP) is 14.0. The van der Waals surface area contributed by atoms with Gasteiger partial charge in [0.2, 0.25) is 0 Å². The molecule has 0 atom stereocenters. The van der Waals surface area contributed by atoms with Crippen LogP contribution in [0.25, 0.3) is 84.6 Å². The molecular weight excluding hydrogens is 698 g/mol. The van der Waals surface area contributed by atoms with E-state index >= 15 is 0 Å². The van der Waals surface area contributed by atoms with Crippen molar-refractivity contribution < 1.29 is 19.4 Å². The van der Waals surface area contributed by atoms with E-state index in [0.29, 0.717) is 5.56 Å². The number of hydrogen-bond acceptors (Lipinski definition) is 0. The molecule has 48 heavy (non-hydrogen) atoms. The molecule has 9 rings (SSSR count). The molecule has 0 aliphatic rings. The number of halogens is 5. The first kappa shape index (κ1) is 29.5. The first-order valence-corrected chi connectivity index (χ1v) is 19.1. The second kappa shape index (κ2) is 9.48. The van der Waals surface area contributed by atoms with Crippen LogP contribution in [0.1, 0.15) is 5.56 Å². The van der Waals surface area contributed by atoms with Crippen molar-refractivity contribution in [1.82, 2.24) is 0 Å². The molecule has 0 unspecified atom stereocenters. The van der Waals surface area contributed by atoms with Crippen molar-refractivity contribution in [2.45, 2.75) is 11.8 Å². The summed E-state index contributed by atoms with van der Waals surface area (Å²) in [6.07, 6.45) is 0. The Labute approximate surface area is 278 Å². The van der Waals surface area contributed by atoms with E-state index in [4.69, 9.17) is 0 Å². The maximum atomic E-state index is 14.7. The van der Waals surface area contributed by atoms with Crippen molar-refractivity contribution in [3.8, 4) is 22.3 Å². The third-order valence-electron chi connectivity index (χ3n) is 9.52. The zero-order valence-corrected chi connectivity index (χ0v) is 27.9. The van der Waals surface area contributed by atoms with Crippen LogP contribution in [0.15, 0.2) is 138 Å². The molecule has 0 saturated carbocycles. The molecule has 9 aromatic rings. The average Bonchev–Trinajstić information content (AvgIpc) is 3.45. The van der Waals surface area contributed by atoms with Crippen LogP contribution >= 0.6 is 10.2 Å². The van der Waals surface area contributed by atoms with Gasteiger partial charge in [-0.25, -0.2) is 0 Å². The Morgan fingerprint density at radius 3 is 1.42 bits per heavy atom. The van der Waals surface area contributed by atoms with Gasteiger partial charge < -0.3 is 0 Å². The average molecular weight is 724 g/mol. The normalized spacial score (nSPS) is 14.0. The van der Waals surface area contributed by atoms with Crippen molar-refractivity contribution >= 4 is 87.1 Å². The van der Waals surface area contributed by atoms with E-state index in [-0.39, 0.29) is 25.3 Å². The van der Waals surface area contributed by atoms with Gasteiger partial charge in [-0.15, -0.1) is 0 Å². The fourth-order valence-corrected chi connectivity index (χ4v) is 11.3. The van der Waals surface area contributed by atoms with Gasteiger partial charge >= 0.3 is 280 Å². The first-order valence-electron chi connectivity index (χ1n) is 15.4. The van der Waals surface area contributed by atoms with Gasteiger partial charge in [-0.1, -0.05) is 0 Å². The van der Waals surface area contributed by atoms with E-state index in [2.05, 4.69) is 79.7 Å². The monoisotopic (exact) mass is 724 g/mol. The molecule has 0 radical (unpaired) electrons. The number of fused-ring (bicyclic) bond motifs is 7. The molecule has 1 aromatic heterocycles. The third kappa shape index (κ3) is 4.35. The van der Waals surface area contributed by atoms with E-state index in [1.807, 2.05) is 12.1 Å². The van der Waals surface area contributed by atoms with Crippen molar-refractivity contribution in [1.29, 1.82) is 0 Å². The van der Waals surface area contributed by atoms with E-state index in [1.54, 1.807) is 12.1 Å². The molecule has 8 aromatic carbocycles. The molecule has 0 nitrogen and oxygen atoms in total. The van der Waals surface area contributed by atoms with Gasteiger partial charge in [0, 0.05) is 0 Å². The van der Waals surface area contributed by atoms with Gasteiger partial charge in [0.25, 0.3) is 0 Å². The molecule has 7 heteroatoms. The minimum atomic E-state index is -10.1. The quantitative estimate of drug-likeness (QED) is 0.0967. The summed E-state index contributed by atoms with van der Waals surface area (Å²) in [5, 5.41) is 6.24. The van der Waals surface area contributed by atoms with Gasteiger partial charge in [-0.3, -0.25) is 0 Å². The van der Waals surface area contributed by atoms with Gasteiger partial charge in [0.15, 0.2) is 0 Å². The van der Waals surface area contributed by atoms with Gasteiger partial charge in [0.05, 0.1) is 0 Å². The Morgan fingerprint density at radius 2 is 0.896 bits per heavy atom. The minimum absolute atomic E-state index is 0.165. The van der Waals surface area contributed by atoms with Crippen LogP contribution < -0.4 is 0 Å². The Hall–Kier alpha value is -4.68. The Kier molecular flexibility index (Phi) is 5.82. The van der Waals surface area contributed by atoms with Gasteiger partial charge in [-0.2, -0.15) is 0 Å². The number of hydrogen-bond donors (Lipinski definition) is 0. The molecular formula is C41H25F5SSe. The van der Waals surface area contributed by atoms with Gasteiger partial charge in [-0.05, 0) is 0 Å². The Bertz CT molecular complexity index is 2720. The molecule has 236 valence electrons. The number of aryl methyl sites for hydroxylation is 1. The first-order chi connectivity index (χ1) is 22.9. The summed E-state index contributed by atoms with van der Waals surface area (Å²) >= 11 is -0.168. The topological polar surface area (TPSA) is 0 Å². The van der Waals surface area contributed by atoms with Crippen molar-refractivity contribution in [3.05, 3.63) is 139 Å². The zero-order chi connectivity index (χ0) is 33.1. The Morgan fingerprint density at radius 1 is 0.438 bits per heavy atom. The van der Waals surface area contributed by atoms with Crippen molar-refractivity contribution in [2.24, 2.45) is 0 Å². The Balaban J connectivity index is 1.36. The van der Waals surface area contributed by atoms with Crippen LogP contribution in [0.3, 0.4) is 0 Å². The summed E-state index contributed by atoms with van der Waals surface area (Å²) in [5.41, 5.74) is 4.81. The van der Waals surface area contributed by atoms with Crippen LogP contribution in [-0.4, -0.2) is 14.5 Å². The SMILES string of the molecule is Cc1c2ccccc2c(-c2ccc3[se]c4c(-c5c6ccccc6c(S(F)(F)(F)(F)F)c6ccccc56)cccc4c3c2)c2ccccc12. The summed E-state index contributed by atoms with van der Waals surface area (Å²) in [6.45, 7) is 2.16. The summed E-state index contributed by atoms with van der Waals surface area (Å²) in [5.74, 6) is 0. The van der Waals surface area contributed by atoms with Crippen LogP contribution in [-0.2, 0) is 0 Å². The zero-order valence-electron chi connectivity index (χ0n) is 25.4. The molecule has 0 aliphatic heterocycles. The second-order valence-electron chi connectivity index (χ2n) is 12.4. The molecule has 0 saturated heterocycles. The van der Waals surface area contributed by atoms with E-state index in [1.165, 1.54) is 67.8 Å². The van der Waals surface area contributed by atoms with Crippen LogP contribution in [0, 0.1) is 6.92 Å². The van der Waals surface area contributed by atoms with E-state index < -0.39 is 25.9 Å². The number of rotatable bonds is 3. The number of benzene rings is 8. The molecule has 0 N–H and O–H groups in total. The van der Waals surface area contributed by atoms with Crippen LogP contribution in [0.4, 0.5) is 19.4 Å². The summed E-state index contributed by atoms with van der Waals surface area (Å²) in [4.78, 5) is -1.81. The second-order valence-corrected chi connectivity index (χ2v) is 16.9. The van der Waals surface area contributed by atoms with Crippen LogP contribution in [0.2, 0.25) is 0 Å². The maximum absolute atomic E-state index is 14.7. The standard InChI is InChI=1S/C41H25F5SSe/c1-24-26-11-2-4-13-28(26)38(29-14-5-3-12-27(24)29)25-21-22-37-36(23-25)34-19-10-20-35(41(34)48-37)39-30-15-6-8-17-32(30)40(47(42,43,44,45)46)33-18-9-7-16-31(33)39/h2-23H,1H3. The summed E-state index contributed by atoms with van der Waals surface area (Å²) in [7, 11) is -10.1. The summed E-state index contributed by atoms with van der Waals surface area (Å²) < 4.78 is 75.9. The van der Waals surface area contributed by atoms with Crippen molar-refractivity contribution in [3.63, 3.8) is 0 Å². The third-order valence-corrected chi connectivity index (χ3v) is 13.3. The predicted molar refractivity (Wildman–Crippen MR) is 195 cm³/mol. The van der Waals surface area contributed by atoms with Crippen LogP contribution in [0.5, 0.6) is 0 Å².